The molecule has 3 aliphatic rings. The number of anilines is 1. The van der Waals surface area contributed by atoms with E-state index in [0.29, 0.717) is 17.0 Å². The van der Waals surface area contributed by atoms with Gasteiger partial charge in [0.2, 0.25) is 5.91 Å². The number of amides is 1. The molecule has 0 saturated heterocycles. The van der Waals surface area contributed by atoms with Crippen LogP contribution >= 0.6 is 11.3 Å². The van der Waals surface area contributed by atoms with Crippen LogP contribution in [0.15, 0.2) is 12.2 Å². The van der Waals surface area contributed by atoms with Gasteiger partial charge in [0.1, 0.15) is 5.00 Å². The third-order valence-electron chi connectivity index (χ3n) is 6.18. The number of carboxylic acid groups (broad SMARTS) is 1. The van der Waals surface area contributed by atoms with Crippen LogP contribution in [0.2, 0.25) is 0 Å². The molecule has 4 rings (SSSR count). The molecule has 1 fully saturated rings. The zero-order valence-electron chi connectivity index (χ0n) is 15.9. The van der Waals surface area contributed by atoms with Crippen molar-refractivity contribution >= 4 is 34.2 Å². The van der Waals surface area contributed by atoms with Crippen LogP contribution in [0.4, 0.5) is 5.00 Å². The summed E-state index contributed by atoms with van der Waals surface area (Å²) in [4.78, 5) is 38.6. The zero-order valence-corrected chi connectivity index (χ0v) is 16.7. The molecule has 2 bridgehead atoms. The summed E-state index contributed by atoms with van der Waals surface area (Å²) in [6.07, 6.45) is 9.52. The van der Waals surface area contributed by atoms with Crippen molar-refractivity contribution in [3.63, 3.8) is 0 Å². The van der Waals surface area contributed by atoms with Gasteiger partial charge in [0.05, 0.1) is 24.0 Å². The Morgan fingerprint density at radius 1 is 1.14 bits per heavy atom. The maximum absolute atomic E-state index is 13.1. The molecule has 1 saturated carbocycles. The molecule has 0 aliphatic heterocycles. The number of carboxylic acids is 1. The number of rotatable bonds is 5. The van der Waals surface area contributed by atoms with Crippen LogP contribution in [0.1, 0.15) is 53.4 Å². The number of allylic oxidation sites excluding steroid dienone is 2. The minimum absolute atomic E-state index is 0.0464. The summed E-state index contributed by atoms with van der Waals surface area (Å²) in [5.41, 5.74) is 1.47. The normalized spacial score (nSPS) is 27.9. The van der Waals surface area contributed by atoms with Crippen LogP contribution in [0.5, 0.6) is 0 Å². The Morgan fingerprint density at radius 3 is 2.57 bits per heavy atom. The van der Waals surface area contributed by atoms with E-state index in [-0.39, 0.29) is 24.3 Å². The van der Waals surface area contributed by atoms with Gasteiger partial charge >= 0.3 is 11.9 Å². The molecule has 28 heavy (non-hydrogen) atoms. The number of carbonyl (C=O) groups excluding carboxylic acids is 2. The van der Waals surface area contributed by atoms with E-state index in [4.69, 9.17) is 4.74 Å². The maximum atomic E-state index is 13.1. The molecule has 4 atom stereocenters. The molecule has 6 nitrogen and oxygen atoms in total. The lowest BCUT2D eigenvalue weighted by Crippen LogP contribution is -2.36. The second kappa shape index (κ2) is 7.70. The van der Waals surface area contributed by atoms with E-state index < -0.39 is 23.8 Å². The second-order valence-electron chi connectivity index (χ2n) is 7.82. The summed E-state index contributed by atoms with van der Waals surface area (Å²) in [7, 11) is 0. The van der Waals surface area contributed by atoms with E-state index in [9.17, 15) is 19.5 Å². The largest absolute Gasteiger partial charge is 0.481 e. The van der Waals surface area contributed by atoms with Gasteiger partial charge in [-0.15, -0.1) is 11.3 Å². The number of esters is 1. The quantitative estimate of drug-likeness (QED) is 0.445. The van der Waals surface area contributed by atoms with Crippen molar-refractivity contribution in [2.24, 2.45) is 23.7 Å². The van der Waals surface area contributed by atoms with Crippen molar-refractivity contribution in [1.82, 2.24) is 0 Å². The summed E-state index contributed by atoms with van der Waals surface area (Å²) < 4.78 is 5.26. The minimum Gasteiger partial charge on any atom is -0.481 e. The van der Waals surface area contributed by atoms with E-state index in [1.807, 2.05) is 12.2 Å². The summed E-state index contributed by atoms with van der Waals surface area (Å²) >= 11 is 1.45. The molecule has 0 aromatic carbocycles. The first kappa shape index (κ1) is 19.2. The van der Waals surface area contributed by atoms with Crippen molar-refractivity contribution in [1.29, 1.82) is 0 Å². The second-order valence-corrected chi connectivity index (χ2v) is 8.92. The van der Waals surface area contributed by atoms with Crippen LogP contribution in [0.25, 0.3) is 0 Å². The number of aryl methyl sites for hydroxylation is 1. The molecule has 1 heterocycles. The molecular formula is C21H25NO5S. The van der Waals surface area contributed by atoms with Crippen LogP contribution < -0.4 is 5.32 Å². The number of thiophene rings is 1. The molecule has 1 aromatic heterocycles. The van der Waals surface area contributed by atoms with Crippen LogP contribution in [0.3, 0.4) is 0 Å². The summed E-state index contributed by atoms with van der Waals surface area (Å²) in [5, 5.41) is 13.1. The molecule has 150 valence electrons. The van der Waals surface area contributed by atoms with Gasteiger partial charge in [-0.3, -0.25) is 9.59 Å². The van der Waals surface area contributed by atoms with E-state index in [1.54, 1.807) is 6.92 Å². The zero-order chi connectivity index (χ0) is 19.8. The first-order chi connectivity index (χ1) is 13.5. The lowest BCUT2D eigenvalue weighted by molar-refractivity contribution is -0.146. The predicted molar refractivity (Wildman–Crippen MR) is 106 cm³/mol. The third kappa shape index (κ3) is 3.26. The first-order valence-corrected chi connectivity index (χ1v) is 10.9. The number of aliphatic carboxylic acids is 1. The highest BCUT2D eigenvalue weighted by molar-refractivity contribution is 7.17. The van der Waals surface area contributed by atoms with Crippen molar-refractivity contribution in [3.05, 3.63) is 28.2 Å². The highest BCUT2D eigenvalue weighted by Crippen LogP contribution is 2.49. The van der Waals surface area contributed by atoms with Gasteiger partial charge in [-0.2, -0.15) is 0 Å². The minimum atomic E-state index is -0.926. The molecule has 0 unspecified atom stereocenters. The first-order valence-electron chi connectivity index (χ1n) is 10.0. The molecule has 1 amide bonds. The average Bonchev–Trinajstić information content (AvgIpc) is 3.31. The molecule has 2 N–H and O–H groups in total. The number of carbonyl (C=O) groups is 3. The van der Waals surface area contributed by atoms with Gasteiger partial charge in [0, 0.05) is 4.88 Å². The number of nitrogens with one attached hydrogen (secondary N) is 1. The molecule has 7 heteroatoms. The molecule has 0 radical (unpaired) electrons. The Kier molecular flexibility index (Phi) is 5.27. The summed E-state index contributed by atoms with van der Waals surface area (Å²) in [6.45, 7) is 2.04. The molecule has 0 spiro atoms. The van der Waals surface area contributed by atoms with Gasteiger partial charge in [-0.1, -0.05) is 18.6 Å². The Hall–Kier alpha value is -2.15. The smallest absolute Gasteiger partial charge is 0.341 e. The fourth-order valence-corrected chi connectivity index (χ4v) is 6.24. The van der Waals surface area contributed by atoms with Gasteiger partial charge in [0.15, 0.2) is 0 Å². The number of fused-ring (bicyclic) bond motifs is 3. The van der Waals surface area contributed by atoms with E-state index in [0.717, 1.165) is 42.5 Å². The number of hydrogen-bond donors (Lipinski definition) is 2. The van der Waals surface area contributed by atoms with Gasteiger partial charge in [-0.05, 0) is 56.4 Å². The fourth-order valence-electron chi connectivity index (χ4n) is 4.96. The summed E-state index contributed by atoms with van der Waals surface area (Å²) in [6, 6.07) is 0. The molecule has 1 aromatic rings. The van der Waals surface area contributed by atoms with Crippen LogP contribution in [-0.4, -0.2) is 29.6 Å². The predicted octanol–water partition coefficient (Wildman–Crippen LogP) is 3.66. The fraction of sp³-hybridized carbons (Fsp3) is 0.571. The number of ether oxygens (including phenoxy) is 1. The lowest BCUT2D eigenvalue weighted by atomic mass is 9.82. The Bertz CT molecular complexity index is 842. The number of hydrogen-bond acceptors (Lipinski definition) is 5. The highest BCUT2D eigenvalue weighted by atomic mass is 32.1. The van der Waals surface area contributed by atoms with Crippen molar-refractivity contribution in [2.45, 2.75) is 45.4 Å². The lowest BCUT2D eigenvalue weighted by Gasteiger charge is -2.23. The van der Waals surface area contributed by atoms with E-state index in [1.165, 1.54) is 11.3 Å². The maximum Gasteiger partial charge on any atom is 0.341 e. The SMILES string of the molecule is CCOC(=O)c1c(NC(=O)[C@H]2[C@@H](C(=O)O)[C@H]3C=C[C@H]2C3)sc2c1CCCCC2. The van der Waals surface area contributed by atoms with E-state index in [2.05, 4.69) is 5.32 Å². The van der Waals surface area contributed by atoms with Crippen LogP contribution in [-0.2, 0) is 27.2 Å². The van der Waals surface area contributed by atoms with Gasteiger partial charge < -0.3 is 15.2 Å². The topological polar surface area (TPSA) is 92.7 Å². The van der Waals surface area contributed by atoms with Gasteiger partial charge in [0.25, 0.3) is 0 Å². The highest BCUT2D eigenvalue weighted by Gasteiger charge is 2.51. The Morgan fingerprint density at radius 2 is 1.86 bits per heavy atom. The van der Waals surface area contributed by atoms with Gasteiger partial charge in [-0.25, -0.2) is 4.79 Å². The van der Waals surface area contributed by atoms with Crippen molar-refractivity contribution in [3.8, 4) is 0 Å². The Labute approximate surface area is 168 Å². The van der Waals surface area contributed by atoms with Crippen LogP contribution in [0, 0.1) is 23.7 Å². The average molecular weight is 404 g/mol. The van der Waals surface area contributed by atoms with E-state index >= 15 is 0 Å². The summed E-state index contributed by atoms with van der Waals surface area (Å²) in [5.74, 6) is -3.04. The Balaban J connectivity index is 1.64. The van der Waals surface area contributed by atoms with Crippen molar-refractivity contribution in [2.75, 3.05) is 11.9 Å². The molecular weight excluding hydrogens is 378 g/mol. The molecule has 3 aliphatic carbocycles. The monoisotopic (exact) mass is 403 g/mol. The standard InChI is InChI=1S/C21H25NO5S/c1-2-27-21(26)17-13-6-4-3-5-7-14(13)28-19(17)22-18(23)15-11-8-9-12(10-11)16(15)20(24)25/h8-9,11-12,15-16H,2-7,10H2,1H3,(H,22,23)(H,24,25)/t11-,12-,15+,16-/m0/s1. The third-order valence-corrected chi connectivity index (χ3v) is 7.39. The van der Waals surface area contributed by atoms with Crippen molar-refractivity contribution < 1.29 is 24.2 Å².